The number of benzene rings is 1. The van der Waals surface area contributed by atoms with Gasteiger partial charge in [0.1, 0.15) is 5.69 Å². The van der Waals surface area contributed by atoms with Crippen molar-refractivity contribution in [3.8, 4) is 0 Å². The maximum absolute atomic E-state index is 12.1. The highest BCUT2D eigenvalue weighted by atomic mass is 16.1. The van der Waals surface area contributed by atoms with Crippen LogP contribution >= 0.6 is 0 Å². The third-order valence-electron chi connectivity index (χ3n) is 3.22. The summed E-state index contributed by atoms with van der Waals surface area (Å²) in [6, 6.07) is 11.7. The van der Waals surface area contributed by atoms with Crippen molar-refractivity contribution < 1.29 is 4.79 Å². The van der Waals surface area contributed by atoms with Crippen molar-refractivity contribution in [1.29, 1.82) is 0 Å². The van der Waals surface area contributed by atoms with E-state index in [-0.39, 0.29) is 5.91 Å². The number of pyridine rings is 1. The van der Waals surface area contributed by atoms with E-state index < -0.39 is 0 Å². The van der Waals surface area contributed by atoms with Crippen molar-refractivity contribution in [3.05, 3.63) is 59.4 Å². The van der Waals surface area contributed by atoms with Crippen LogP contribution in [-0.2, 0) is 13.0 Å². The zero-order chi connectivity index (χ0) is 14.4. The first-order valence-corrected chi connectivity index (χ1v) is 6.73. The van der Waals surface area contributed by atoms with E-state index in [0.29, 0.717) is 12.2 Å². The second kappa shape index (κ2) is 6.70. The number of anilines is 1. The summed E-state index contributed by atoms with van der Waals surface area (Å²) < 4.78 is 0. The lowest BCUT2D eigenvalue weighted by Gasteiger charge is -2.09. The summed E-state index contributed by atoms with van der Waals surface area (Å²) in [6.07, 6.45) is 2.58. The lowest BCUT2D eigenvalue weighted by molar-refractivity contribution is 0.0946. The maximum Gasteiger partial charge on any atom is 0.270 e. The number of hydrogen-bond acceptors (Lipinski definition) is 3. The lowest BCUT2D eigenvalue weighted by Crippen LogP contribution is -2.24. The minimum absolute atomic E-state index is 0.159. The van der Waals surface area contributed by atoms with Crippen LogP contribution in [0.15, 0.2) is 42.6 Å². The zero-order valence-corrected chi connectivity index (χ0v) is 11.8. The first kappa shape index (κ1) is 14.1. The van der Waals surface area contributed by atoms with Gasteiger partial charge in [-0.25, -0.2) is 0 Å². The summed E-state index contributed by atoms with van der Waals surface area (Å²) in [5, 5.41) is 5.91. The average Bonchev–Trinajstić information content (AvgIpc) is 2.52. The summed E-state index contributed by atoms with van der Waals surface area (Å²) in [4.78, 5) is 16.2. The first-order chi connectivity index (χ1) is 9.74. The standard InChI is InChI=1S/C16H19N3O/c1-3-12-6-4-5-7-13(12)11-19-16(20)15-10-14(17-2)8-9-18-15/h4-10H,3,11H2,1-2H3,(H,17,18)(H,19,20). The molecule has 0 saturated heterocycles. The quantitative estimate of drug-likeness (QED) is 0.877. The molecule has 0 aliphatic heterocycles. The molecule has 1 heterocycles. The molecule has 1 aromatic heterocycles. The number of hydrogen-bond donors (Lipinski definition) is 2. The maximum atomic E-state index is 12.1. The highest BCUT2D eigenvalue weighted by Gasteiger charge is 2.08. The summed E-state index contributed by atoms with van der Waals surface area (Å²) in [6.45, 7) is 2.63. The second-order valence-electron chi connectivity index (χ2n) is 4.48. The molecule has 104 valence electrons. The molecule has 0 aliphatic rings. The van der Waals surface area contributed by atoms with Crippen LogP contribution in [0.25, 0.3) is 0 Å². The normalized spacial score (nSPS) is 10.1. The predicted molar refractivity (Wildman–Crippen MR) is 80.8 cm³/mol. The van der Waals surface area contributed by atoms with Gasteiger partial charge in [-0.05, 0) is 29.7 Å². The van der Waals surface area contributed by atoms with Crippen molar-refractivity contribution in [2.24, 2.45) is 0 Å². The molecule has 0 saturated carbocycles. The number of carbonyl (C=O) groups excluding carboxylic acids is 1. The van der Waals surface area contributed by atoms with Crippen molar-refractivity contribution in [2.75, 3.05) is 12.4 Å². The van der Waals surface area contributed by atoms with E-state index in [9.17, 15) is 4.79 Å². The van der Waals surface area contributed by atoms with Gasteiger partial charge in [0, 0.05) is 25.5 Å². The second-order valence-corrected chi connectivity index (χ2v) is 4.48. The monoisotopic (exact) mass is 269 g/mol. The Labute approximate surface area is 119 Å². The number of amides is 1. The van der Waals surface area contributed by atoms with Crippen LogP contribution in [0.2, 0.25) is 0 Å². The first-order valence-electron chi connectivity index (χ1n) is 6.73. The van der Waals surface area contributed by atoms with E-state index in [0.717, 1.165) is 17.7 Å². The van der Waals surface area contributed by atoms with Gasteiger partial charge >= 0.3 is 0 Å². The molecular formula is C16H19N3O. The minimum atomic E-state index is -0.159. The van der Waals surface area contributed by atoms with E-state index in [4.69, 9.17) is 0 Å². The van der Waals surface area contributed by atoms with Gasteiger partial charge in [0.2, 0.25) is 0 Å². The number of aryl methyl sites for hydroxylation is 1. The lowest BCUT2D eigenvalue weighted by atomic mass is 10.1. The Morgan fingerprint density at radius 1 is 1.20 bits per heavy atom. The van der Waals surface area contributed by atoms with E-state index in [1.54, 1.807) is 12.3 Å². The van der Waals surface area contributed by atoms with E-state index in [1.165, 1.54) is 5.56 Å². The highest BCUT2D eigenvalue weighted by molar-refractivity contribution is 5.93. The fourth-order valence-corrected chi connectivity index (χ4v) is 2.05. The Balaban J connectivity index is 2.04. The minimum Gasteiger partial charge on any atom is -0.388 e. The van der Waals surface area contributed by atoms with E-state index >= 15 is 0 Å². The van der Waals surface area contributed by atoms with Crippen LogP contribution in [0, 0.1) is 0 Å². The van der Waals surface area contributed by atoms with Crippen molar-refractivity contribution in [2.45, 2.75) is 19.9 Å². The molecule has 0 fully saturated rings. The van der Waals surface area contributed by atoms with Crippen LogP contribution in [0.1, 0.15) is 28.5 Å². The fourth-order valence-electron chi connectivity index (χ4n) is 2.05. The van der Waals surface area contributed by atoms with Crippen molar-refractivity contribution in [3.63, 3.8) is 0 Å². The average molecular weight is 269 g/mol. The molecule has 2 aromatic rings. The predicted octanol–water partition coefficient (Wildman–Crippen LogP) is 2.62. The fraction of sp³-hybridized carbons (Fsp3) is 0.250. The Kier molecular flexibility index (Phi) is 4.71. The number of carbonyl (C=O) groups is 1. The Morgan fingerprint density at radius 3 is 2.65 bits per heavy atom. The number of nitrogens with one attached hydrogen (secondary N) is 2. The van der Waals surface area contributed by atoms with Crippen LogP contribution < -0.4 is 10.6 Å². The SMILES string of the molecule is CCc1ccccc1CNC(=O)c1cc(NC)ccn1. The van der Waals surface area contributed by atoms with Crippen LogP contribution in [0.4, 0.5) is 5.69 Å². The Bertz CT molecular complexity index is 596. The Hall–Kier alpha value is -2.36. The number of nitrogens with zero attached hydrogens (tertiary/aromatic N) is 1. The van der Waals surface area contributed by atoms with E-state index in [1.807, 2.05) is 31.3 Å². The zero-order valence-electron chi connectivity index (χ0n) is 11.8. The molecule has 20 heavy (non-hydrogen) atoms. The number of aromatic nitrogens is 1. The van der Waals surface area contributed by atoms with Gasteiger partial charge in [0.15, 0.2) is 0 Å². The van der Waals surface area contributed by atoms with Gasteiger partial charge in [-0.2, -0.15) is 0 Å². The molecule has 2 rings (SSSR count). The smallest absolute Gasteiger partial charge is 0.270 e. The van der Waals surface area contributed by atoms with Gasteiger partial charge in [-0.1, -0.05) is 31.2 Å². The summed E-state index contributed by atoms with van der Waals surface area (Å²) in [5.74, 6) is -0.159. The van der Waals surface area contributed by atoms with Crippen LogP contribution in [0.5, 0.6) is 0 Å². The van der Waals surface area contributed by atoms with Gasteiger partial charge in [-0.15, -0.1) is 0 Å². The molecule has 2 N–H and O–H groups in total. The third kappa shape index (κ3) is 3.35. The van der Waals surface area contributed by atoms with Gasteiger partial charge in [0.25, 0.3) is 5.91 Å². The molecule has 1 aromatic carbocycles. The van der Waals surface area contributed by atoms with Gasteiger partial charge in [0.05, 0.1) is 0 Å². The van der Waals surface area contributed by atoms with Crippen molar-refractivity contribution in [1.82, 2.24) is 10.3 Å². The van der Waals surface area contributed by atoms with Crippen LogP contribution in [-0.4, -0.2) is 17.9 Å². The Morgan fingerprint density at radius 2 is 1.95 bits per heavy atom. The summed E-state index contributed by atoms with van der Waals surface area (Å²) in [7, 11) is 1.81. The summed E-state index contributed by atoms with van der Waals surface area (Å²) >= 11 is 0. The molecule has 0 aliphatic carbocycles. The van der Waals surface area contributed by atoms with Gasteiger partial charge in [-0.3, -0.25) is 9.78 Å². The molecule has 4 nitrogen and oxygen atoms in total. The largest absolute Gasteiger partial charge is 0.388 e. The van der Waals surface area contributed by atoms with Crippen molar-refractivity contribution >= 4 is 11.6 Å². The molecule has 4 heteroatoms. The molecule has 0 unspecified atom stereocenters. The molecular weight excluding hydrogens is 250 g/mol. The third-order valence-corrected chi connectivity index (χ3v) is 3.22. The molecule has 1 amide bonds. The number of rotatable bonds is 5. The highest BCUT2D eigenvalue weighted by Crippen LogP contribution is 2.10. The summed E-state index contributed by atoms with van der Waals surface area (Å²) in [5.41, 5.74) is 3.70. The molecule has 0 atom stereocenters. The van der Waals surface area contributed by atoms with Gasteiger partial charge < -0.3 is 10.6 Å². The molecule has 0 bridgehead atoms. The van der Waals surface area contributed by atoms with E-state index in [2.05, 4.69) is 28.6 Å². The molecule has 0 radical (unpaired) electrons. The molecule has 0 spiro atoms. The van der Waals surface area contributed by atoms with Crippen LogP contribution in [0.3, 0.4) is 0 Å². The topological polar surface area (TPSA) is 54.0 Å².